The van der Waals surface area contributed by atoms with Gasteiger partial charge in [0, 0.05) is 18.9 Å². The number of amides is 1. The Morgan fingerprint density at radius 1 is 1.21 bits per heavy atom. The number of aromatic nitrogens is 2. The van der Waals surface area contributed by atoms with Crippen LogP contribution in [0.4, 0.5) is 5.82 Å². The SMILES string of the molecule is Cc1ccc(CCNC(=O)c2nccnc2N)cc1. The molecule has 2 rings (SSSR count). The van der Waals surface area contributed by atoms with E-state index in [1.165, 1.54) is 23.5 Å². The van der Waals surface area contributed by atoms with Crippen LogP contribution in [0.2, 0.25) is 0 Å². The fourth-order valence-corrected chi connectivity index (χ4v) is 1.68. The van der Waals surface area contributed by atoms with Crippen LogP contribution in [0, 0.1) is 6.92 Å². The predicted octanol–water partition coefficient (Wildman–Crippen LogP) is 1.34. The molecule has 2 aromatic rings. The summed E-state index contributed by atoms with van der Waals surface area (Å²) < 4.78 is 0. The van der Waals surface area contributed by atoms with Gasteiger partial charge >= 0.3 is 0 Å². The zero-order valence-corrected chi connectivity index (χ0v) is 10.8. The third kappa shape index (κ3) is 3.51. The Hall–Kier alpha value is -2.43. The van der Waals surface area contributed by atoms with Crippen molar-refractivity contribution in [2.24, 2.45) is 0 Å². The first kappa shape index (κ1) is 13.0. The van der Waals surface area contributed by atoms with Crippen molar-refractivity contribution in [3.05, 3.63) is 53.5 Å². The molecule has 98 valence electrons. The Labute approximate surface area is 111 Å². The van der Waals surface area contributed by atoms with E-state index in [2.05, 4.69) is 39.6 Å². The zero-order chi connectivity index (χ0) is 13.7. The van der Waals surface area contributed by atoms with Crippen LogP contribution in [-0.4, -0.2) is 22.4 Å². The molecule has 5 heteroatoms. The van der Waals surface area contributed by atoms with Crippen LogP contribution < -0.4 is 11.1 Å². The summed E-state index contributed by atoms with van der Waals surface area (Å²) in [6.45, 7) is 2.58. The minimum atomic E-state index is -0.294. The van der Waals surface area contributed by atoms with Crippen molar-refractivity contribution in [3.8, 4) is 0 Å². The van der Waals surface area contributed by atoms with Crippen LogP contribution in [0.1, 0.15) is 21.6 Å². The van der Waals surface area contributed by atoms with Gasteiger partial charge in [-0.15, -0.1) is 0 Å². The molecule has 3 N–H and O–H groups in total. The smallest absolute Gasteiger partial charge is 0.273 e. The molecule has 0 bridgehead atoms. The van der Waals surface area contributed by atoms with E-state index in [0.29, 0.717) is 6.54 Å². The Morgan fingerprint density at radius 2 is 1.89 bits per heavy atom. The standard InChI is InChI=1S/C14H16N4O/c1-10-2-4-11(5-3-10)6-7-18-14(19)12-13(15)17-9-8-16-12/h2-5,8-9H,6-7H2,1H3,(H2,15,17)(H,18,19). The maximum atomic E-state index is 11.8. The number of anilines is 1. The number of nitrogens with one attached hydrogen (secondary N) is 1. The Kier molecular flexibility index (Phi) is 4.07. The molecule has 0 saturated heterocycles. The minimum absolute atomic E-state index is 0.148. The van der Waals surface area contributed by atoms with Gasteiger partial charge in [0.05, 0.1) is 0 Å². The average molecular weight is 256 g/mol. The second-order valence-electron chi connectivity index (χ2n) is 4.28. The molecule has 0 aliphatic carbocycles. The van der Waals surface area contributed by atoms with Gasteiger partial charge in [0.2, 0.25) is 0 Å². The normalized spacial score (nSPS) is 10.2. The molecule has 0 spiro atoms. The number of carbonyl (C=O) groups excluding carboxylic acids is 1. The van der Waals surface area contributed by atoms with E-state index < -0.39 is 0 Å². The number of carbonyl (C=O) groups is 1. The lowest BCUT2D eigenvalue weighted by Crippen LogP contribution is -2.27. The van der Waals surface area contributed by atoms with Gasteiger partial charge in [-0.2, -0.15) is 0 Å². The molecule has 1 heterocycles. The Bertz CT molecular complexity index is 566. The lowest BCUT2D eigenvalue weighted by atomic mass is 10.1. The van der Waals surface area contributed by atoms with Crippen molar-refractivity contribution in [3.63, 3.8) is 0 Å². The molecule has 1 aromatic carbocycles. The van der Waals surface area contributed by atoms with E-state index in [-0.39, 0.29) is 17.4 Å². The number of nitrogen functional groups attached to an aromatic ring is 1. The molecular weight excluding hydrogens is 240 g/mol. The second-order valence-corrected chi connectivity index (χ2v) is 4.28. The van der Waals surface area contributed by atoms with Gasteiger partial charge in [0.15, 0.2) is 11.5 Å². The van der Waals surface area contributed by atoms with Gasteiger partial charge < -0.3 is 11.1 Å². The summed E-state index contributed by atoms with van der Waals surface area (Å²) in [4.78, 5) is 19.6. The first-order valence-electron chi connectivity index (χ1n) is 6.07. The third-order valence-corrected chi connectivity index (χ3v) is 2.76. The number of hydrogen-bond acceptors (Lipinski definition) is 4. The highest BCUT2D eigenvalue weighted by Crippen LogP contribution is 2.04. The summed E-state index contributed by atoms with van der Waals surface area (Å²) in [5.74, 6) is -0.145. The number of nitrogens with two attached hydrogens (primary N) is 1. The largest absolute Gasteiger partial charge is 0.382 e. The van der Waals surface area contributed by atoms with E-state index in [4.69, 9.17) is 5.73 Å². The van der Waals surface area contributed by atoms with Crippen molar-refractivity contribution >= 4 is 11.7 Å². The van der Waals surface area contributed by atoms with Crippen molar-refractivity contribution in [1.82, 2.24) is 15.3 Å². The summed E-state index contributed by atoms with van der Waals surface area (Å²) in [5, 5.41) is 2.78. The van der Waals surface area contributed by atoms with Crippen molar-refractivity contribution in [2.75, 3.05) is 12.3 Å². The molecule has 0 unspecified atom stereocenters. The molecule has 5 nitrogen and oxygen atoms in total. The van der Waals surface area contributed by atoms with Gasteiger partial charge in [-0.25, -0.2) is 9.97 Å². The van der Waals surface area contributed by atoms with Crippen LogP contribution in [0.3, 0.4) is 0 Å². The number of nitrogens with zero attached hydrogens (tertiary/aromatic N) is 2. The van der Waals surface area contributed by atoms with Crippen molar-refractivity contribution in [1.29, 1.82) is 0 Å². The Morgan fingerprint density at radius 3 is 2.58 bits per heavy atom. The van der Waals surface area contributed by atoms with Crippen LogP contribution >= 0.6 is 0 Å². The number of hydrogen-bond donors (Lipinski definition) is 2. The van der Waals surface area contributed by atoms with E-state index in [1.807, 2.05) is 6.92 Å². The fourth-order valence-electron chi connectivity index (χ4n) is 1.68. The monoisotopic (exact) mass is 256 g/mol. The highest BCUT2D eigenvalue weighted by Gasteiger charge is 2.10. The topological polar surface area (TPSA) is 80.9 Å². The molecule has 0 fully saturated rings. The molecule has 19 heavy (non-hydrogen) atoms. The van der Waals surface area contributed by atoms with Crippen LogP contribution in [0.25, 0.3) is 0 Å². The van der Waals surface area contributed by atoms with E-state index in [9.17, 15) is 4.79 Å². The highest BCUT2D eigenvalue weighted by molar-refractivity contribution is 5.96. The van der Waals surface area contributed by atoms with Gasteiger partial charge in [0.1, 0.15) is 0 Å². The van der Waals surface area contributed by atoms with Gasteiger partial charge in [-0.1, -0.05) is 29.8 Å². The third-order valence-electron chi connectivity index (χ3n) is 2.76. The van der Waals surface area contributed by atoms with Crippen LogP contribution in [0.5, 0.6) is 0 Å². The van der Waals surface area contributed by atoms with E-state index >= 15 is 0 Å². The molecule has 0 aliphatic heterocycles. The van der Waals surface area contributed by atoms with Gasteiger partial charge in [0.25, 0.3) is 5.91 Å². The lowest BCUT2D eigenvalue weighted by molar-refractivity contribution is 0.0950. The highest BCUT2D eigenvalue weighted by atomic mass is 16.1. The minimum Gasteiger partial charge on any atom is -0.382 e. The molecule has 0 saturated carbocycles. The predicted molar refractivity (Wildman–Crippen MR) is 73.7 cm³/mol. The molecular formula is C14H16N4O. The summed E-state index contributed by atoms with van der Waals surface area (Å²) in [7, 11) is 0. The molecule has 0 atom stereocenters. The maximum Gasteiger partial charge on any atom is 0.273 e. The number of rotatable bonds is 4. The summed E-state index contributed by atoms with van der Waals surface area (Å²) in [6, 6.07) is 8.21. The summed E-state index contributed by atoms with van der Waals surface area (Å²) in [6.07, 6.45) is 3.68. The molecule has 0 aliphatic rings. The quantitative estimate of drug-likeness (QED) is 0.865. The lowest BCUT2D eigenvalue weighted by Gasteiger charge is -2.06. The van der Waals surface area contributed by atoms with Crippen molar-refractivity contribution < 1.29 is 4.79 Å². The van der Waals surface area contributed by atoms with E-state index in [1.54, 1.807) is 0 Å². The van der Waals surface area contributed by atoms with E-state index in [0.717, 1.165) is 6.42 Å². The maximum absolute atomic E-state index is 11.8. The second kappa shape index (κ2) is 5.95. The molecule has 1 amide bonds. The number of aryl methyl sites for hydroxylation is 1. The fraction of sp³-hybridized carbons (Fsp3) is 0.214. The zero-order valence-electron chi connectivity index (χ0n) is 10.8. The average Bonchev–Trinajstić information content (AvgIpc) is 2.41. The van der Waals surface area contributed by atoms with Crippen LogP contribution in [0.15, 0.2) is 36.7 Å². The molecule has 1 aromatic heterocycles. The van der Waals surface area contributed by atoms with Crippen molar-refractivity contribution in [2.45, 2.75) is 13.3 Å². The summed E-state index contributed by atoms with van der Waals surface area (Å²) in [5.41, 5.74) is 8.16. The Balaban J connectivity index is 1.88. The molecule has 0 radical (unpaired) electrons. The van der Waals surface area contributed by atoms with Gasteiger partial charge in [-0.3, -0.25) is 4.79 Å². The number of benzene rings is 1. The summed E-state index contributed by atoms with van der Waals surface area (Å²) >= 11 is 0. The first-order chi connectivity index (χ1) is 9.16. The van der Waals surface area contributed by atoms with Gasteiger partial charge in [-0.05, 0) is 18.9 Å². The van der Waals surface area contributed by atoms with Crippen LogP contribution in [-0.2, 0) is 6.42 Å². The first-order valence-corrected chi connectivity index (χ1v) is 6.07.